The summed E-state index contributed by atoms with van der Waals surface area (Å²) in [6, 6.07) is 10.4. The van der Waals surface area contributed by atoms with Gasteiger partial charge in [-0.15, -0.1) is 0 Å². The summed E-state index contributed by atoms with van der Waals surface area (Å²) in [5, 5.41) is 20.6. The maximum Gasteiger partial charge on any atom is 0.280 e. The molecule has 2 atom stereocenters. The molecule has 1 aromatic carbocycles. The van der Waals surface area contributed by atoms with Crippen LogP contribution in [0.3, 0.4) is 0 Å². The van der Waals surface area contributed by atoms with E-state index < -0.39 is 0 Å². The lowest BCUT2D eigenvalue weighted by molar-refractivity contribution is 0.0795. The van der Waals surface area contributed by atoms with Crippen molar-refractivity contribution in [3.05, 3.63) is 64.6 Å². The number of aromatic nitrogens is 4. The van der Waals surface area contributed by atoms with Gasteiger partial charge in [0.2, 0.25) is 0 Å². The minimum absolute atomic E-state index is 0.146. The molecule has 4 heterocycles. The number of carbonyl (C=O) groups excluding carboxylic acids is 1. The number of benzene rings is 1. The molecule has 1 aliphatic heterocycles. The number of hydrogen-bond acceptors (Lipinski definition) is 7. The molecule has 3 aliphatic rings. The number of aryl methyl sites for hydroxylation is 1. The van der Waals surface area contributed by atoms with Crippen LogP contribution in [0.15, 0.2) is 42.7 Å². The van der Waals surface area contributed by atoms with Crippen LogP contribution in [0.25, 0.3) is 21.5 Å². The predicted octanol–water partition coefficient (Wildman–Crippen LogP) is 5.30. The first kappa shape index (κ1) is 26.7. The second-order valence-corrected chi connectivity index (χ2v) is 13.5. The summed E-state index contributed by atoms with van der Waals surface area (Å²) < 4.78 is 0. The van der Waals surface area contributed by atoms with Gasteiger partial charge in [0.05, 0.1) is 18.3 Å². The molecular weight excluding hydrogens is 532 g/mol. The van der Waals surface area contributed by atoms with Crippen molar-refractivity contribution in [2.75, 3.05) is 19.6 Å². The first-order chi connectivity index (χ1) is 19.9. The Morgan fingerprint density at radius 2 is 1.98 bits per heavy atom. The normalized spacial score (nSPS) is 21.5. The molecular formula is C32H38N6O2S. The minimum Gasteiger partial charge on any atom is -0.393 e. The summed E-state index contributed by atoms with van der Waals surface area (Å²) >= 11 is 1.40. The van der Waals surface area contributed by atoms with E-state index in [0.29, 0.717) is 10.4 Å². The SMILES string of the molecule is CC1(C2CCc3nc4sc(C(=O)N[C@H](CCN5CCC(O)CC5)c5ccc(-c6cn[nH]c6)cc5)nc4cc3C2)CC1. The van der Waals surface area contributed by atoms with Crippen molar-refractivity contribution in [3.63, 3.8) is 0 Å². The minimum atomic E-state index is -0.196. The highest BCUT2D eigenvalue weighted by atomic mass is 32.1. The number of hydrogen-bond donors (Lipinski definition) is 3. The Hall–Kier alpha value is -3.14. The molecule has 0 radical (unpaired) electrons. The van der Waals surface area contributed by atoms with Gasteiger partial charge in [-0.1, -0.05) is 42.5 Å². The van der Waals surface area contributed by atoms with Crippen molar-refractivity contribution >= 4 is 27.6 Å². The highest BCUT2D eigenvalue weighted by Gasteiger charge is 2.45. The molecule has 3 aromatic heterocycles. The zero-order valence-corrected chi connectivity index (χ0v) is 24.4. The summed E-state index contributed by atoms with van der Waals surface area (Å²) in [5.74, 6) is 0.590. The van der Waals surface area contributed by atoms with E-state index in [1.54, 1.807) is 0 Å². The third-order valence-electron chi connectivity index (χ3n) is 9.71. The smallest absolute Gasteiger partial charge is 0.280 e. The number of amides is 1. The highest BCUT2D eigenvalue weighted by molar-refractivity contribution is 7.19. The maximum atomic E-state index is 13.6. The number of aliphatic hydroxyl groups is 1. The van der Waals surface area contributed by atoms with Gasteiger partial charge in [0.25, 0.3) is 5.91 Å². The van der Waals surface area contributed by atoms with E-state index in [-0.39, 0.29) is 18.1 Å². The number of nitrogens with one attached hydrogen (secondary N) is 2. The molecule has 0 spiro atoms. The number of likely N-dealkylation sites (tertiary alicyclic amines) is 1. The lowest BCUT2D eigenvalue weighted by Gasteiger charge is -2.31. The fourth-order valence-corrected chi connectivity index (χ4v) is 7.47. The third-order valence-corrected chi connectivity index (χ3v) is 10.7. The van der Waals surface area contributed by atoms with E-state index in [9.17, 15) is 9.90 Å². The summed E-state index contributed by atoms with van der Waals surface area (Å²) in [5.41, 5.74) is 7.05. The number of rotatable bonds is 8. The Balaban J connectivity index is 1.10. The Morgan fingerprint density at radius 1 is 1.17 bits per heavy atom. The molecule has 2 aliphatic carbocycles. The van der Waals surface area contributed by atoms with Gasteiger partial charge in [-0.2, -0.15) is 5.10 Å². The molecule has 9 heteroatoms. The van der Waals surface area contributed by atoms with Crippen molar-refractivity contribution in [1.82, 2.24) is 30.4 Å². The number of carbonyl (C=O) groups is 1. The monoisotopic (exact) mass is 570 g/mol. The van der Waals surface area contributed by atoms with Crippen molar-refractivity contribution in [3.8, 4) is 11.1 Å². The Kier molecular flexibility index (Phi) is 7.13. The quantitative estimate of drug-likeness (QED) is 0.265. The zero-order valence-electron chi connectivity index (χ0n) is 23.6. The molecule has 1 saturated heterocycles. The van der Waals surface area contributed by atoms with Crippen LogP contribution in [-0.2, 0) is 12.8 Å². The molecule has 214 valence electrons. The number of aliphatic hydroxyl groups excluding tert-OH is 1. The van der Waals surface area contributed by atoms with Crippen LogP contribution in [0.5, 0.6) is 0 Å². The van der Waals surface area contributed by atoms with Crippen LogP contribution in [0.1, 0.15) is 78.1 Å². The van der Waals surface area contributed by atoms with E-state index in [1.165, 1.54) is 41.9 Å². The Bertz CT molecular complexity index is 1520. The van der Waals surface area contributed by atoms with Gasteiger partial charge in [-0.3, -0.25) is 9.89 Å². The zero-order chi connectivity index (χ0) is 28.0. The topological polar surface area (TPSA) is 107 Å². The van der Waals surface area contributed by atoms with Crippen molar-refractivity contribution in [2.45, 2.75) is 70.4 Å². The molecule has 41 heavy (non-hydrogen) atoms. The molecule has 1 unspecified atom stereocenters. The molecule has 7 rings (SSSR count). The largest absolute Gasteiger partial charge is 0.393 e. The summed E-state index contributed by atoms with van der Waals surface area (Å²) in [7, 11) is 0. The third kappa shape index (κ3) is 5.67. The molecule has 3 N–H and O–H groups in total. The van der Waals surface area contributed by atoms with Crippen LogP contribution in [0, 0.1) is 11.3 Å². The molecule has 2 fully saturated rings. The fraction of sp³-hybridized carbons (Fsp3) is 0.500. The summed E-state index contributed by atoms with van der Waals surface area (Å²) in [4.78, 5) is 26.6. The van der Waals surface area contributed by atoms with Gasteiger partial charge >= 0.3 is 0 Å². The van der Waals surface area contributed by atoms with Gasteiger partial charge in [-0.25, -0.2) is 9.97 Å². The second kappa shape index (κ2) is 10.9. The van der Waals surface area contributed by atoms with E-state index in [1.807, 2.05) is 12.4 Å². The van der Waals surface area contributed by atoms with Crippen LogP contribution in [0.4, 0.5) is 0 Å². The maximum absolute atomic E-state index is 13.6. The van der Waals surface area contributed by atoms with Crippen LogP contribution >= 0.6 is 11.3 Å². The number of piperidine rings is 1. The van der Waals surface area contributed by atoms with Gasteiger partial charge in [0, 0.05) is 37.1 Å². The number of nitrogens with zero attached hydrogens (tertiary/aromatic N) is 4. The lowest BCUT2D eigenvalue weighted by atomic mass is 9.77. The number of fused-ring (bicyclic) bond motifs is 2. The number of aromatic amines is 1. The Morgan fingerprint density at radius 3 is 2.71 bits per heavy atom. The van der Waals surface area contributed by atoms with E-state index in [4.69, 9.17) is 9.97 Å². The Labute approximate surface area is 244 Å². The van der Waals surface area contributed by atoms with Crippen LogP contribution in [-0.4, -0.2) is 61.8 Å². The van der Waals surface area contributed by atoms with Gasteiger partial charge in [0.1, 0.15) is 10.3 Å². The summed E-state index contributed by atoms with van der Waals surface area (Å²) in [6.45, 7) is 5.05. The molecule has 4 aromatic rings. The fourth-order valence-electron chi connectivity index (χ4n) is 6.62. The van der Waals surface area contributed by atoms with Gasteiger partial charge in [0.15, 0.2) is 5.01 Å². The lowest BCUT2D eigenvalue weighted by Crippen LogP contribution is -2.38. The summed E-state index contributed by atoms with van der Waals surface area (Å²) in [6.07, 6.45) is 11.9. The number of H-pyrrole nitrogens is 1. The number of pyridine rings is 1. The average Bonchev–Trinajstić information content (AvgIpc) is 3.36. The van der Waals surface area contributed by atoms with Crippen molar-refractivity contribution in [2.24, 2.45) is 11.3 Å². The number of thiazole rings is 1. The first-order valence-electron chi connectivity index (χ1n) is 15.0. The molecule has 1 amide bonds. The van der Waals surface area contributed by atoms with Crippen LogP contribution in [0.2, 0.25) is 0 Å². The van der Waals surface area contributed by atoms with Crippen molar-refractivity contribution < 1.29 is 9.90 Å². The second-order valence-electron chi connectivity index (χ2n) is 12.5. The van der Waals surface area contributed by atoms with E-state index in [0.717, 1.165) is 84.7 Å². The van der Waals surface area contributed by atoms with Crippen molar-refractivity contribution in [1.29, 1.82) is 0 Å². The molecule has 8 nitrogen and oxygen atoms in total. The molecule has 0 bridgehead atoms. The van der Waals surface area contributed by atoms with E-state index >= 15 is 0 Å². The predicted molar refractivity (Wildman–Crippen MR) is 161 cm³/mol. The van der Waals surface area contributed by atoms with Gasteiger partial charge < -0.3 is 15.3 Å². The van der Waals surface area contributed by atoms with E-state index in [2.05, 4.69) is 57.7 Å². The highest BCUT2D eigenvalue weighted by Crippen LogP contribution is 2.55. The van der Waals surface area contributed by atoms with Gasteiger partial charge in [-0.05, 0) is 85.5 Å². The van der Waals surface area contributed by atoms with Crippen LogP contribution < -0.4 is 5.32 Å². The standard InChI is InChI=1S/C32H38N6O2S/c1-32(11-12-32)24-6-7-26-22(16-24)17-28-30(36-26)41-31(37-28)29(40)35-27(10-15-38-13-8-25(39)9-14-38)21-4-2-20(3-5-21)23-18-33-34-19-23/h2-5,17-19,24-25,27,39H,6-16H2,1H3,(H,33,34)(H,35,40)/t24?,27-/m1/s1. The first-order valence-corrected chi connectivity index (χ1v) is 15.8. The average molecular weight is 571 g/mol. The molecule has 1 saturated carbocycles.